The third-order valence-electron chi connectivity index (χ3n) is 3.39. The summed E-state index contributed by atoms with van der Waals surface area (Å²) in [6.45, 7) is 2.31. The van der Waals surface area contributed by atoms with Crippen LogP contribution in [0.3, 0.4) is 0 Å². The zero-order valence-corrected chi connectivity index (χ0v) is 14.1. The third-order valence-corrected chi connectivity index (χ3v) is 4.55. The van der Waals surface area contributed by atoms with Gasteiger partial charge in [-0.05, 0) is 36.8 Å². The van der Waals surface area contributed by atoms with Gasteiger partial charge < -0.3 is 4.74 Å². The molecular formula is C16H13Cl3N2O. The lowest BCUT2D eigenvalue weighted by Crippen LogP contribution is -2.03. The molecule has 2 aromatic heterocycles. The smallest absolute Gasteiger partial charge is 0.181 e. The van der Waals surface area contributed by atoms with E-state index >= 15 is 0 Å². The molecule has 0 atom stereocenters. The monoisotopic (exact) mass is 354 g/mol. The number of ether oxygens (including phenoxy) is 1. The standard InChI is InChI=1S/C16H13Cl3N2O/c1-10-15(19)21-8-3-6-14(16(21)20-10)22-9-7-11-12(17)4-2-5-13(11)18/h2-6,8H,7,9H2,1H3. The molecule has 0 saturated carbocycles. The van der Waals surface area contributed by atoms with Gasteiger partial charge in [-0.15, -0.1) is 0 Å². The van der Waals surface area contributed by atoms with Gasteiger partial charge in [0.1, 0.15) is 5.15 Å². The number of fused-ring (bicyclic) bond motifs is 1. The van der Waals surface area contributed by atoms with Crippen LogP contribution in [0.4, 0.5) is 0 Å². The van der Waals surface area contributed by atoms with Crippen LogP contribution in [-0.2, 0) is 6.42 Å². The number of imidazole rings is 1. The molecule has 2 heterocycles. The molecule has 0 saturated heterocycles. The highest BCUT2D eigenvalue weighted by Gasteiger charge is 2.11. The van der Waals surface area contributed by atoms with Crippen molar-refractivity contribution in [1.82, 2.24) is 9.38 Å². The highest BCUT2D eigenvalue weighted by molar-refractivity contribution is 6.36. The summed E-state index contributed by atoms with van der Waals surface area (Å²) in [6, 6.07) is 9.21. The average Bonchev–Trinajstić information content (AvgIpc) is 2.79. The molecule has 3 rings (SSSR count). The lowest BCUT2D eigenvalue weighted by atomic mass is 10.1. The van der Waals surface area contributed by atoms with E-state index in [0.717, 1.165) is 11.3 Å². The first-order valence-electron chi connectivity index (χ1n) is 6.77. The zero-order valence-electron chi connectivity index (χ0n) is 11.8. The van der Waals surface area contributed by atoms with Crippen molar-refractivity contribution in [2.75, 3.05) is 6.61 Å². The van der Waals surface area contributed by atoms with Crippen molar-refractivity contribution in [2.24, 2.45) is 0 Å². The summed E-state index contributed by atoms with van der Waals surface area (Å²) in [5.41, 5.74) is 2.36. The van der Waals surface area contributed by atoms with Crippen LogP contribution in [0.5, 0.6) is 5.75 Å². The number of nitrogens with zero attached hydrogens (tertiary/aromatic N) is 2. The van der Waals surface area contributed by atoms with Crippen LogP contribution in [0.25, 0.3) is 5.65 Å². The number of rotatable bonds is 4. The van der Waals surface area contributed by atoms with E-state index in [0.29, 0.717) is 39.6 Å². The van der Waals surface area contributed by atoms with Crippen molar-refractivity contribution in [3.63, 3.8) is 0 Å². The van der Waals surface area contributed by atoms with E-state index in [-0.39, 0.29) is 0 Å². The highest BCUT2D eigenvalue weighted by atomic mass is 35.5. The van der Waals surface area contributed by atoms with E-state index in [1.54, 1.807) is 4.40 Å². The summed E-state index contributed by atoms with van der Waals surface area (Å²) < 4.78 is 7.64. The molecule has 0 amide bonds. The van der Waals surface area contributed by atoms with Gasteiger partial charge in [-0.1, -0.05) is 40.9 Å². The second kappa shape index (κ2) is 6.37. The Balaban J connectivity index is 1.79. The summed E-state index contributed by atoms with van der Waals surface area (Å²) in [7, 11) is 0. The minimum Gasteiger partial charge on any atom is -0.489 e. The fourth-order valence-corrected chi connectivity index (χ4v) is 3.04. The maximum absolute atomic E-state index is 6.20. The van der Waals surface area contributed by atoms with E-state index in [9.17, 15) is 0 Å². The molecule has 22 heavy (non-hydrogen) atoms. The predicted molar refractivity (Wildman–Crippen MR) is 90.6 cm³/mol. The van der Waals surface area contributed by atoms with Crippen LogP contribution in [-0.4, -0.2) is 16.0 Å². The Morgan fingerprint density at radius 3 is 2.55 bits per heavy atom. The van der Waals surface area contributed by atoms with Crippen molar-refractivity contribution in [1.29, 1.82) is 0 Å². The molecule has 0 radical (unpaired) electrons. The summed E-state index contributed by atoms with van der Waals surface area (Å²) in [5.74, 6) is 0.681. The third kappa shape index (κ3) is 2.89. The Bertz CT molecular complexity index is 809. The molecule has 0 bridgehead atoms. The Morgan fingerprint density at radius 1 is 1.09 bits per heavy atom. The Hall–Kier alpha value is -1.42. The van der Waals surface area contributed by atoms with E-state index in [2.05, 4.69) is 4.98 Å². The van der Waals surface area contributed by atoms with E-state index < -0.39 is 0 Å². The number of halogens is 3. The molecule has 0 aliphatic heterocycles. The Labute approximate surface area is 143 Å². The first-order valence-corrected chi connectivity index (χ1v) is 7.90. The fourth-order valence-electron chi connectivity index (χ4n) is 2.27. The van der Waals surface area contributed by atoms with Crippen LogP contribution >= 0.6 is 34.8 Å². The number of hydrogen-bond donors (Lipinski definition) is 0. The van der Waals surface area contributed by atoms with Gasteiger partial charge in [0.25, 0.3) is 0 Å². The quantitative estimate of drug-likeness (QED) is 0.641. The summed E-state index contributed by atoms with van der Waals surface area (Å²) in [4.78, 5) is 4.43. The molecule has 0 spiro atoms. The van der Waals surface area contributed by atoms with Crippen LogP contribution in [0, 0.1) is 6.92 Å². The number of aryl methyl sites for hydroxylation is 1. The minimum absolute atomic E-state index is 0.451. The first kappa shape index (κ1) is 15.5. The van der Waals surface area contributed by atoms with E-state index in [1.807, 2.05) is 43.5 Å². The molecule has 0 N–H and O–H groups in total. The van der Waals surface area contributed by atoms with Crippen LogP contribution in [0.1, 0.15) is 11.3 Å². The van der Waals surface area contributed by atoms with Gasteiger partial charge in [-0.3, -0.25) is 4.40 Å². The Kier molecular flexibility index (Phi) is 4.48. The van der Waals surface area contributed by atoms with Crippen LogP contribution in [0.15, 0.2) is 36.5 Å². The van der Waals surface area contributed by atoms with Crippen molar-refractivity contribution in [3.05, 3.63) is 63.0 Å². The van der Waals surface area contributed by atoms with Gasteiger partial charge in [0.2, 0.25) is 0 Å². The van der Waals surface area contributed by atoms with E-state index in [1.165, 1.54) is 0 Å². The molecule has 0 fully saturated rings. The maximum Gasteiger partial charge on any atom is 0.181 e. The maximum atomic E-state index is 6.20. The molecule has 0 aliphatic carbocycles. The lowest BCUT2D eigenvalue weighted by molar-refractivity contribution is 0.324. The molecule has 6 heteroatoms. The molecular weight excluding hydrogens is 343 g/mol. The van der Waals surface area contributed by atoms with E-state index in [4.69, 9.17) is 39.5 Å². The molecule has 0 unspecified atom stereocenters. The molecule has 114 valence electrons. The van der Waals surface area contributed by atoms with Gasteiger partial charge in [0.05, 0.1) is 12.3 Å². The van der Waals surface area contributed by atoms with Crippen LogP contribution < -0.4 is 4.74 Å². The average molecular weight is 356 g/mol. The fraction of sp³-hybridized carbons (Fsp3) is 0.188. The molecule has 3 aromatic rings. The van der Waals surface area contributed by atoms with Crippen molar-refractivity contribution < 1.29 is 4.74 Å². The highest BCUT2D eigenvalue weighted by Crippen LogP contribution is 2.27. The minimum atomic E-state index is 0.451. The van der Waals surface area contributed by atoms with Gasteiger partial charge in [0.15, 0.2) is 11.4 Å². The zero-order chi connectivity index (χ0) is 15.7. The number of pyridine rings is 1. The van der Waals surface area contributed by atoms with Crippen molar-refractivity contribution in [2.45, 2.75) is 13.3 Å². The first-order chi connectivity index (χ1) is 10.6. The normalized spacial score (nSPS) is 11.1. The second-order valence-corrected chi connectivity index (χ2v) is 6.03. The summed E-state index contributed by atoms with van der Waals surface area (Å²) in [6.07, 6.45) is 2.47. The number of benzene rings is 1. The van der Waals surface area contributed by atoms with Gasteiger partial charge >= 0.3 is 0 Å². The largest absolute Gasteiger partial charge is 0.489 e. The molecule has 3 nitrogen and oxygen atoms in total. The van der Waals surface area contributed by atoms with Crippen molar-refractivity contribution in [3.8, 4) is 5.75 Å². The van der Waals surface area contributed by atoms with Gasteiger partial charge in [0, 0.05) is 22.7 Å². The van der Waals surface area contributed by atoms with Gasteiger partial charge in [-0.2, -0.15) is 0 Å². The lowest BCUT2D eigenvalue weighted by Gasteiger charge is -2.09. The summed E-state index contributed by atoms with van der Waals surface area (Å²) in [5, 5.41) is 1.89. The van der Waals surface area contributed by atoms with Gasteiger partial charge in [-0.25, -0.2) is 4.98 Å². The Morgan fingerprint density at radius 2 is 1.82 bits per heavy atom. The predicted octanol–water partition coefficient (Wildman–Crippen LogP) is 5.22. The SMILES string of the molecule is Cc1nc2c(OCCc3c(Cl)cccc3Cl)cccn2c1Cl. The topological polar surface area (TPSA) is 26.5 Å². The second-order valence-electron chi connectivity index (χ2n) is 4.85. The molecule has 1 aromatic carbocycles. The number of aromatic nitrogens is 2. The molecule has 0 aliphatic rings. The van der Waals surface area contributed by atoms with Crippen molar-refractivity contribution >= 4 is 40.4 Å². The van der Waals surface area contributed by atoms with Crippen LogP contribution in [0.2, 0.25) is 15.2 Å². The summed E-state index contributed by atoms with van der Waals surface area (Å²) >= 11 is 18.5. The number of hydrogen-bond acceptors (Lipinski definition) is 2.